The summed E-state index contributed by atoms with van der Waals surface area (Å²) >= 11 is 0. The molecule has 4 saturated heterocycles. The van der Waals surface area contributed by atoms with Crippen LogP contribution in [0.5, 0.6) is 0 Å². The summed E-state index contributed by atoms with van der Waals surface area (Å²) in [6.07, 6.45) is -8.01. The summed E-state index contributed by atoms with van der Waals surface area (Å²) in [5.74, 6) is -0.131. The average Bonchev–Trinajstić information content (AvgIpc) is 3.54. The number of fused-ring (bicyclic) bond motifs is 7. The number of allylic oxidation sites excluding steroid dienone is 1. The molecule has 54 heavy (non-hydrogen) atoms. The first-order valence-corrected chi connectivity index (χ1v) is 21.3. The van der Waals surface area contributed by atoms with Gasteiger partial charge >= 0.3 is 0 Å². The standard InChI is InChI=1S/C38H58O15S/c1-16-6-9-38(49-14-16)17(2)28-24(53-38)13-22-27-21(7-8-36(22,28)4)37(5)19(11-23(27)40)10-20(39)12-26(37)51-35-33(30(42)25(15-48-35)54(45,46)47)52-34-32(44)31(43)29(41)18(3)50-34/h11,16-18,20-22,24-35,39,41-44H,6-10,12-15H2,1-5H3,(H,45,46,47)/t16-,17-,18-,20+,21-,22-,24?,25-,26+,27+,28-,29-,30-,31+,32+,33+,34-,35-,36-,37-,38+/m0/s1. The number of ketones is 1. The van der Waals surface area contributed by atoms with Crippen molar-refractivity contribution < 1.29 is 71.7 Å². The zero-order chi connectivity index (χ0) is 38.9. The molecule has 0 aromatic carbocycles. The second kappa shape index (κ2) is 13.7. The zero-order valence-electron chi connectivity index (χ0n) is 31.6. The van der Waals surface area contributed by atoms with Crippen LogP contribution in [0.15, 0.2) is 11.6 Å². The Balaban J connectivity index is 1.08. The topological polar surface area (TPSA) is 228 Å². The van der Waals surface area contributed by atoms with E-state index >= 15 is 0 Å². The number of ether oxygens (including phenoxy) is 6. The van der Waals surface area contributed by atoms with Crippen LogP contribution in [0.4, 0.5) is 0 Å². The van der Waals surface area contributed by atoms with Crippen molar-refractivity contribution in [1.82, 2.24) is 0 Å². The second-order valence-corrected chi connectivity index (χ2v) is 20.0. The molecule has 0 radical (unpaired) electrons. The van der Waals surface area contributed by atoms with Crippen LogP contribution in [-0.2, 0) is 43.3 Å². The van der Waals surface area contributed by atoms with Crippen molar-refractivity contribution in [3.05, 3.63) is 11.6 Å². The van der Waals surface area contributed by atoms with Crippen molar-refractivity contribution in [2.75, 3.05) is 13.2 Å². The largest absolute Gasteiger partial charge is 0.393 e. The van der Waals surface area contributed by atoms with E-state index in [4.69, 9.17) is 28.4 Å². The molecule has 1 spiro atoms. The quantitative estimate of drug-likeness (QED) is 0.214. The molecule has 21 atom stereocenters. The maximum absolute atomic E-state index is 14.3. The van der Waals surface area contributed by atoms with E-state index in [9.17, 15) is 43.3 Å². The molecule has 0 amide bonds. The van der Waals surface area contributed by atoms with Crippen molar-refractivity contribution in [3.63, 3.8) is 0 Å². The average molecular weight is 787 g/mol. The summed E-state index contributed by atoms with van der Waals surface area (Å²) in [4.78, 5) is 14.3. The van der Waals surface area contributed by atoms with Crippen LogP contribution in [0.1, 0.15) is 79.6 Å². The highest BCUT2D eigenvalue weighted by molar-refractivity contribution is 7.86. The molecule has 1 unspecified atom stereocenters. The van der Waals surface area contributed by atoms with E-state index in [0.717, 1.165) is 31.3 Å². The van der Waals surface area contributed by atoms with Crippen LogP contribution in [0, 0.1) is 46.3 Å². The van der Waals surface area contributed by atoms with Crippen LogP contribution in [-0.4, -0.2) is 136 Å². The SMILES string of the molecule is C[C@H]1CC[C@@]2(OC1)OC1C[C@H]3[C@@H]4C(=O)C=C5C[C@@H](O)C[C@@H](O[C@@H]6OC[C@H](S(=O)(=O)O)[C@H](O)[C@H]6O[C@@H]6O[C@@H](C)[C@H](O)[C@@H](O)[C@H]6O)[C@]5(C)[C@H]4CC[C@]3(C)[C@H]1[C@@H]2C. The van der Waals surface area contributed by atoms with Gasteiger partial charge in [0.25, 0.3) is 10.1 Å². The summed E-state index contributed by atoms with van der Waals surface area (Å²) in [7, 11) is -4.86. The number of hydrogen-bond donors (Lipinski definition) is 6. The Morgan fingerprint density at radius 3 is 2.30 bits per heavy atom. The first-order chi connectivity index (χ1) is 25.3. The van der Waals surface area contributed by atoms with Crippen LogP contribution in [0.3, 0.4) is 0 Å². The second-order valence-electron chi connectivity index (χ2n) is 18.4. The molecule has 15 nitrogen and oxygen atoms in total. The molecule has 8 rings (SSSR count). The van der Waals surface area contributed by atoms with E-state index in [0.29, 0.717) is 18.9 Å². The molecule has 16 heteroatoms. The van der Waals surface area contributed by atoms with E-state index in [-0.39, 0.29) is 59.7 Å². The van der Waals surface area contributed by atoms with E-state index in [2.05, 4.69) is 20.8 Å². The number of aliphatic hydroxyl groups is 5. The van der Waals surface area contributed by atoms with Crippen LogP contribution in [0.25, 0.3) is 0 Å². The predicted molar refractivity (Wildman–Crippen MR) is 187 cm³/mol. The summed E-state index contributed by atoms with van der Waals surface area (Å²) in [6.45, 7) is 10.3. The lowest BCUT2D eigenvalue weighted by atomic mass is 9.46. The molecule has 306 valence electrons. The molecule has 8 aliphatic rings. The summed E-state index contributed by atoms with van der Waals surface area (Å²) in [5, 5.41) is 52.1. The highest BCUT2D eigenvalue weighted by Gasteiger charge is 2.70. The van der Waals surface area contributed by atoms with E-state index in [1.807, 2.05) is 6.92 Å². The number of rotatable bonds is 5. The summed E-state index contributed by atoms with van der Waals surface area (Å²) < 4.78 is 72.0. The smallest absolute Gasteiger partial charge is 0.272 e. The van der Waals surface area contributed by atoms with Crippen LogP contribution in [0.2, 0.25) is 0 Å². The van der Waals surface area contributed by atoms with Gasteiger partial charge < -0.3 is 54.0 Å². The minimum Gasteiger partial charge on any atom is -0.393 e. The Labute approximate surface area is 316 Å². The molecule has 4 heterocycles. The van der Waals surface area contributed by atoms with Crippen molar-refractivity contribution in [2.45, 2.75) is 158 Å². The highest BCUT2D eigenvalue weighted by Crippen LogP contribution is 2.70. The molecule has 7 fully saturated rings. The minimum atomic E-state index is -4.86. The first-order valence-electron chi connectivity index (χ1n) is 19.8. The third-order valence-corrected chi connectivity index (χ3v) is 16.6. The van der Waals surface area contributed by atoms with E-state index < -0.39 is 94.6 Å². The maximum Gasteiger partial charge on any atom is 0.272 e. The molecule has 4 aliphatic carbocycles. The number of carbonyl (C=O) groups excluding carboxylic acids is 1. The van der Waals surface area contributed by atoms with Gasteiger partial charge in [0.15, 0.2) is 24.2 Å². The summed E-state index contributed by atoms with van der Waals surface area (Å²) in [5.41, 5.74) is -0.185. The monoisotopic (exact) mass is 786 g/mol. The Bertz CT molecular complexity index is 1600. The van der Waals surface area contributed by atoms with Crippen LogP contribution >= 0.6 is 0 Å². The molecule has 4 aliphatic heterocycles. The van der Waals surface area contributed by atoms with Gasteiger partial charge in [-0.25, -0.2) is 0 Å². The lowest BCUT2D eigenvalue weighted by molar-refractivity contribution is -0.353. The van der Waals surface area contributed by atoms with Gasteiger partial charge in [-0.15, -0.1) is 0 Å². The van der Waals surface area contributed by atoms with E-state index in [1.54, 1.807) is 6.08 Å². The fraction of sp³-hybridized carbons (Fsp3) is 0.921. The van der Waals surface area contributed by atoms with Gasteiger partial charge in [-0.05, 0) is 74.2 Å². The van der Waals surface area contributed by atoms with Gasteiger partial charge in [-0.3, -0.25) is 9.35 Å². The minimum absolute atomic E-state index is 0.0288. The molecule has 0 aromatic rings. The highest BCUT2D eigenvalue weighted by atomic mass is 32.2. The van der Waals surface area contributed by atoms with Gasteiger partial charge in [0, 0.05) is 30.1 Å². The third-order valence-electron chi connectivity index (χ3n) is 15.4. The Morgan fingerprint density at radius 1 is 0.870 bits per heavy atom. The van der Waals surface area contributed by atoms with Gasteiger partial charge in [0.05, 0.1) is 37.6 Å². The summed E-state index contributed by atoms with van der Waals surface area (Å²) in [6, 6.07) is 0. The number of carbonyl (C=O) groups is 1. The van der Waals surface area contributed by atoms with Crippen molar-refractivity contribution >= 4 is 15.9 Å². The molecule has 6 N–H and O–H groups in total. The van der Waals surface area contributed by atoms with E-state index in [1.165, 1.54) is 6.92 Å². The normalized spacial score (nSPS) is 56.1. The predicted octanol–water partition coefficient (Wildman–Crippen LogP) is 1.07. The zero-order valence-corrected chi connectivity index (χ0v) is 32.4. The van der Waals surface area contributed by atoms with Crippen molar-refractivity contribution in [1.29, 1.82) is 0 Å². The molecule has 0 aromatic heterocycles. The van der Waals surface area contributed by atoms with Crippen molar-refractivity contribution in [2.24, 2.45) is 46.3 Å². The Hall–Kier alpha value is -1.12. The Morgan fingerprint density at radius 2 is 1.61 bits per heavy atom. The third kappa shape index (κ3) is 6.03. The lowest BCUT2D eigenvalue weighted by Crippen LogP contribution is -2.64. The van der Waals surface area contributed by atoms with Gasteiger partial charge in [-0.2, -0.15) is 8.42 Å². The molecular weight excluding hydrogens is 728 g/mol. The molecular formula is C38H58O15S. The Kier molecular flexibility index (Phi) is 10.1. The van der Waals surface area contributed by atoms with Crippen LogP contribution < -0.4 is 0 Å². The number of aliphatic hydroxyl groups excluding tert-OH is 5. The van der Waals surface area contributed by atoms with Crippen molar-refractivity contribution in [3.8, 4) is 0 Å². The maximum atomic E-state index is 14.3. The molecule has 0 bridgehead atoms. The first kappa shape index (κ1) is 39.7. The van der Waals surface area contributed by atoms with Gasteiger partial charge in [-0.1, -0.05) is 33.3 Å². The number of hydrogen-bond acceptors (Lipinski definition) is 14. The van der Waals surface area contributed by atoms with Gasteiger partial charge in [0.1, 0.15) is 35.8 Å². The molecule has 3 saturated carbocycles. The van der Waals surface area contributed by atoms with Gasteiger partial charge in [0.2, 0.25) is 0 Å². The fourth-order valence-corrected chi connectivity index (χ4v) is 13.1. The fourth-order valence-electron chi connectivity index (χ4n) is 12.4. The lowest BCUT2D eigenvalue weighted by Gasteiger charge is -2.60.